The Morgan fingerprint density at radius 3 is 2.81 bits per heavy atom. The van der Waals surface area contributed by atoms with Gasteiger partial charge in [0.05, 0.1) is 13.2 Å². The highest BCUT2D eigenvalue weighted by Crippen LogP contribution is 2.20. The Labute approximate surface area is 127 Å². The highest BCUT2D eigenvalue weighted by molar-refractivity contribution is 5.75. The molecule has 5 nitrogen and oxygen atoms in total. The third-order valence-electron chi connectivity index (χ3n) is 3.10. The van der Waals surface area contributed by atoms with Crippen molar-refractivity contribution in [2.75, 3.05) is 33.9 Å². The number of carbonyl (C=O) groups excluding carboxylic acids is 1. The molecule has 5 heteroatoms. The predicted molar refractivity (Wildman–Crippen MR) is 83.6 cm³/mol. The Bertz CT molecular complexity index is 436. The summed E-state index contributed by atoms with van der Waals surface area (Å²) in [4.78, 5) is 11.1. The first-order valence-electron chi connectivity index (χ1n) is 7.30. The molecule has 1 aromatic carbocycles. The van der Waals surface area contributed by atoms with Crippen molar-refractivity contribution < 1.29 is 14.3 Å². The fraction of sp³-hybridized carbons (Fsp3) is 0.562. The van der Waals surface area contributed by atoms with Crippen LogP contribution in [-0.4, -0.2) is 39.8 Å². The van der Waals surface area contributed by atoms with Crippen LogP contribution in [0.2, 0.25) is 0 Å². The van der Waals surface area contributed by atoms with E-state index in [0.717, 1.165) is 24.4 Å². The Kier molecular flexibility index (Phi) is 8.47. The first kappa shape index (κ1) is 17.5. The molecule has 0 aromatic heterocycles. The van der Waals surface area contributed by atoms with E-state index >= 15 is 0 Å². The minimum atomic E-state index is 0.0453. The van der Waals surface area contributed by atoms with E-state index in [1.54, 1.807) is 14.2 Å². The van der Waals surface area contributed by atoms with Crippen LogP contribution in [0.4, 0.5) is 0 Å². The molecule has 21 heavy (non-hydrogen) atoms. The molecule has 0 atom stereocenters. The van der Waals surface area contributed by atoms with Crippen molar-refractivity contribution in [1.29, 1.82) is 0 Å². The van der Waals surface area contributed by atoms with Crippen LogP contribution in [0, 0.1) is 6.92 Å². The normalized spacial score (nSPS) is 10.4. The molecule has 118 valence electrons. The molecule has 0 bridgehead atoms. The molecule has 0 aliphatic carbocycles. The summed E-state index contributed by atoms with van der Waals surface area (Å²) in [5.74, 6) is 0.923. The van der Waals surface area contributed by atoms with Gasteiger partial charge in [0.25, 0.3) is 0 Å². The molecule has 0 unspecified atom stereocenters. The van der Waals surface area contributed by atoms with Crippen molar-refractivity contribution in [3.8, 4) is 5.75 Å². The standard InChI is InChI=1S/C16H26N2O3/c1-13-6-7-15(21-9-4-5-16(19)17-2)14(11-13)12-18-8-10-20-3/h6-7,11,18H,4-5,8-10,12H2,1-3H3,(H,17,19). The van der Waals surface area contributed by atoms with Crippen molar-refractivity contribution in [3.63, 3.8) is 0 Å². The molecule has 0 heterocycles. The van der Waals surface area contributed by atoms with Crippen LogP contribution >= 0.6 is 0 Å². The minimum Gasteiger partial charge on any atom is -0.493 e. The zero-order valence-corrected chi connectivity index (χ0v) is 13.2. The molecular formula is C16H26N2O3. The van der Waals surface area contributed by atoms with Crippen molar-refractivity contribution in [2.24, 2.45) is 0 Å². The third kappa shape index (κ3) is 7.11. The summed E-state index contributed by atoms with van der Waals surface area (Å²) in [6, 6.07) is 6.14. The molecular weight excluding hydrogens is 268 g/mol. The zero-order valence-electron chi connectivity index (χ0n) is 13.2. The average molecular weight is 294 g/mol. The molecule has 0 saturated carbocycles. The highest BCUT2D eigenvalue weighted by Gasteiger charge is 2.05. The number of amides is 1. The number of carbonyl (C=O) groups is 1. The van der Waals surface area contributed by atoms with E-state index in [1.807, 2.05) is 12.1 Å². The van der Waals surface area contributed by atoms with Crippen LogP contribution in [0.3, 0.4) is 0 Å². The van der Waals surface area contributed by atoms with Gasteiger partial charge in [-0.2, -0.15) is 0 Å². The van der Waals surface area contributed by atoms with E-state index in [4.69, 9.17) is 9.47 Å². The lowest BCUT2D eigenvalue weighted by molar-refractivity contribution is -0.120. The smallest absolute Gasteiger partial charge is 0.219 e. The van der Waals surface area contributed by atoms with Gasteiger partial charge in [0, 0.05) is 39.2 Å². The van der Waals surface area contributed by atoms with Gasteiger partial charge < -0.3 is 20.1 Å². The lowest BCUT2D eigenvalue weighted by atomic mass is 10.1. The van der Waals surface area contributed by atoms with E-state index in [2.05, 4.69) is 23.6 Å². The third-order valence-corrected chi connectivity index (χ3v) is 3.10. The summed E-state index contributed by atoms with van der Waals surface area (Å²) in [5, 5.41) is 5.92. The van der Waals surface area contributed by atoms with E-state index < -0.39 is 0 Å². The van der Waals surface area contributed by atoms with Gasteiger partial charge in [-0.25, -0.2) is 0 Å². The predicted octanol–water partition coefficient (Wildman–Crippen LogP) is 1.64. The molecule has 0 aliphatic rings. The molecule has 0 fully saturated rings. The molecule has 0 aliphatic heterocycles. The number of rotatable bonds is 10. The summed E-state index contributed by atoms with van der Waals surface area (Å²) < 4.78 is 10.8. The van der Waals surface area contributed by atoms with Crippen molar-refractivity contribution >= 4 is 5.91 Å². The van der Waals surface area contributed by atoms with Crippen LogP contribution in [-0.2, 0) is 16.1 Å². The summed E-state index contributed by atoms with van der Waals surface area (Å²) in [5.41, 5.74) is 2.34. The van der Waals surface area contributed by atoms with E-state index in [0.29, 0.717) is 26.1 Å². The Balaban J connectivity index is 2.46. The minimum absolute atomic E-state index is 0.0453. The largest absolute Gasteiger partial charge is 0.493 e. The molecule has 0 saturated heterocycles. The maximum Gasteiger partial charge on any atom is 0.219 e. The molecule has 2 N–H and O–H groups in total. The number of aryl methyl sites for hydroxylation is 1. The molecule has 0 radical (unpaired) electrons. The molecule has 1 amide bonds. The second kappa shape index (κ2) is 10.2. The van der Waals surface area contributed by atoms with Crippen LogP contribution < -0.4 is 15.4 Å². The average Bonchev–Trinajstić information content (AvgIpc) is 2.49. The molecule has 1 rings (SSSR count). The first-order valence-corrected chi connectivity index (χ1v) is 7.30. The van der Waals surface area contributed by atoms with Gasteiger partial charge in [0.2, 0.25) is 5.91 Å². The van der Waals surface area contributed by atoms with Gasteiger partial charge in [-0.05, 0) is 19.4 Å². The number of hydrogen-bond donors (Lipinski definition) is 2. The van der Waals surface area contributed by atoms with Crippen molar-refractivity contribution in [3.05, 3.63) is 29.3 Å². The lowest BCUT2D eigenvalue weighted by Crippen LogP contribution is -2.19. The summed E-state index contributed by atoms with van der Waals surface area (Å²) >= 11 is 0. The zero-order chi connectivity index (χ0) is 15.5. The topological polar surface area (TPSA) is 59.6 Å². The van der Waals surface area contributed by atoms with Crippen LogP contribution in [0.25, 0.3) is 0 Å². The Morgan fingerprint density at radius 1 is 1.29 bits per heavy atom. The van der Waals surface area contributed by atoms with E-state index in [-0.39, 0.29) is 5.91 Å². The van der Waals surface area contributed by atoms with Gasteiger partial charge in [0.1, 0.15) is 5.75 Å². The summed E-state index contributed by atoms with van der Waals surface area (Å²) in [6.07, 6.45) is 1.20. The van der Waals surface area contributed by atoms with Gasteiger partial charge in [-0.3, -0.25) is 4.79 Å². The molecule has 0 spiro atoms. The van der Waals surface area contributed by atoms with Gasteiger partial charge in [-0.1, -0.05) is 17.7 Å². The maximum absolute atomic E-state index is 11.1. The lowest BCUT2D eigenvalue weighted by Gasteiger charge is -2.13. The molecule has 1 aromatic rings. The van der Waals surface area contributed by atoms with Gasteiger partial charge in [-0.15, -0.1) is 0 Å². The van der Waals surface area contributed by atoms with E-state index in [1.165, 1.54) is 5.56 Å². The van der Waals surface area contributed by atoms with Crippen molar-refractivity contribution in [2.45, 2.75) is 26.3 Å². The second-order valence-corrected chi connectivity index (χ2v) is 4.91. The SMILES string of the molecule is CNC(=O)CCCOc1ccc(C)cc1CNCCOC. The fourth-order valence-corrected chi connectivity index (χ4v) is 1.92. The van der Waals surface area contributed by atoms with Crippen LogP contribution in [0.15, 0.2) is 18.2 Å². The number of nitrogens with one attached hydrogen (secondary N) is 2. The van der Waals surface area contributed by atoms with Gasteiger partial charge in [0.15, 0.2) is 0 Å². The fourth-order valence-electron chi connectivity index (χ4n) is 1.92. The Hall–Kier alpha value is -1.59. The first-order chi connectivity index (χ1) is 10.2. The van der Waals surface area contributed by atoms with Crippen LogP contribution in [0.5, 0.6) is 5.75 Å². The number of benzene rings is 1. The monoisotopic (exact) mass is 294 g/mol. The number of ether oxygens (including phenoxy) is 2. The summed E-state index contributed by atoms with van der Waals surface area (Å²) in [6.45, 7) is 4.85. The summed E-state index contributed by atoms with van der Waals surface area (Å²) in [7, 11) is 3.34. The van der Waals surface area contributed by atoms with E-state index in [9.17, 15) is 4.79 Å². The van der Waals surface area contributed by atoms with Gasteiger partial charge >= 0.3 is 0 Å². The maximum atomic E-state index is 11.1. The number of methoxy groups -OCH3 is 1. The van der Waals surface area contributed by atoms with Crippen molar-refractivity contribution in [1.82, 2.24) is 10.6 Å². The second-order valence-electron chi connectivity index (χ2n) is 4.91. The van der Waals surface area contributed by atoms with Crippen LogP contribution in [0.1, 0.15) is 24.0 Å². The number of hydrogen-bond acceptors (Lipinski definition) is 4. The quantitative estimate of drug-likeness (QED) is 0.644. The highest BCUT2D eigenvalue weighted by atomic mass is 16.5. The Morgan fingerprint density at radius 2 is 2.10 bits per heavy atom.